The fourth-order valence-electron chi connectivity index (χ4n) is 2.11. The molecule has 0 amide bonds. The SMILES string of the molecule is Cc1ccc(Cl)cc1OCc1ccc2ncccc2c1. The number of aromatic nitrogens is 1. The van der Waals surface area contributed by atoms with Gasteiger partial charge in [0.2, 0.25) is 0 Å². The summed E-state index contributed by atoms with van der Waals surface area (Å²) in [7, 11) is 0. The second-order valence-corrected chi connectivity index (χ2v) is 5.17. The molecule has 0 N–H and O–H groups in total. The third kappa shape index (κ3) is 2.75. The zero-order valence-electron chi connectivity index (χ0n) is 11.1. The van der Waals surface area contributed by atoms with Gasteiger partial charge in [-0.05, 0) is 48.4 Å². The van der Waals surface area contributed by atoms with Crippen LogP contribution in [0.15, 0.2) is 54.7 Å². The van der Waals surface area contributed by atoms with Crippen LogP contribution in [0.4, 0.5) is 0 Å². The van der Waals surface area contributed by atoms with Gasteiger partial charge in [-0.2, -0.15) is 0 Å². The van der Waals surface area contributed by atoms with Gasteiger partial charge in [0.15, 0.2) is 0 Å². The lowest BCUT2D eigenvalue weighted by molar-refractivity contribution is 0.304. The molecule has 3 rings (SSSR count). The number of benzene rings is 2. The molecule has 3 aromatic rings. The van der Waals surface area contributed by atoms with E-state index in [2.05, 4.69) is 17.1 Å². The van der Waals surface area contributed by atoms with Crippen molar-refractivity contribution in [3.05, 3.63) is 70.9 Å². The van der Waals surface area contributed by atoms with E-state index in [0.717, 1.165) is 27.8 Å². The summed E-state index contributed by atoms with van der Waals surface area (Å²) in [5.74, 6) is 0.823. The first kappa shape index (κ1) is 12.9. The van der Waals surface area contributed by atoms with Crippen molar-refractivity contribution in [1.29, 1.82) is 0 Å². The lowest BCUT2D eigenvalue weighted by Crippen LogP contribution is -1.97. The molecule has 0 fully saturated rings. The van der Waals surface area contributed by atoms with E-state index in [1.807, 2.05) is 43.3 Å². The van der Waals surface area contributed by atoms with Gasteiger partial charge in [-0.3, -0.25) is 4.98 Å². The van der Waals surface area contributed by atoms with Crippen LogP contribution >= 0.6 is 11.6 Å². The van der Waals surface area contributed by atoms with E-state index in [1.165, 1.54) is 0 Å². The van der Waals surface area contributed by atoms with Gasteiger partial charge in [0.1, 0.15) is 12.4 Å². The average Bonchev–Trinajstić information content (AvgIpc) is 2.48. The molecule has 20 heavy (non-hydrogen) atoms. The van der Waals surface area contributed by atoms with Crippen LogP contribution in [0.2, 0.25) is 5.02 Å². The molecule has 1 aromatic heterocycles. The minimum Gasteiger partial charge on any atom is -0.489 e. The Bertz CT molecular complexity index is 755. The minimum atomic E-state index is 0.520. The molecule has 0 aliphatic heterocycles. The first-order valence-corrected chi connectivity index (χ1v) is 6.83. The first-order valence-electron chi connectivity index (χ1n) is 6.45. The maximum Gasteiger partial charge on any atom is 0.124 e. The number of fused-ring (bicyclic) bond motifs is 1. The van der Waals surface area contributed by atoms with Gasteiger partial charge in [-0.15, -0.1) is 0 Å². The molecule has 2 aromatic carbocycles. The number of aryl methyl sites for hydroxylation is 1. The van der Waals surface area contributed by atoms with Crippen molar-refractivity contribution in [3.63, 3.8) is 0 Å². The van der Waals surface area contributed by atoms with E-state index in [0.29, 0.717) is 11.6 Å². The van der Waals surface area contributed by atoms with E-state index in [9.17, 15) is 0 Å². The highest BCUT2D eigenvalue weighted by atomic mass is 35.5. The van der Waals surface area contributed by atoms with Gasteiger partial charge in [-0.1, -0.05) is 29.8 Å². The predicted octanol–water partition coefficient (Wildman–Crippen LogP) is 4.78. The van der Waals surface area contributed by atoms with Gasteiger partial charge < -0.3 is 4.74 Å². The molecular weight excluding hydrogens is 270 g/mol. The van der Waals surface area contributed by atoms with Crippen molar-refractivity contribution in [2.75, 3.05) is 0 Å². The number of hydrogen-bond acceptors (Lipinski definition) is 2. The maximum absolute atomic E-state index is 5.99. The van der Waals surface area contributed by atoms with Gasteiger partial charge in [0.05, 0.1) is 5.52 Å². The summed E-state index contributed by atoms with van der Waals surface area (Å²) < 4.78 is 5.85. The van der Waals surface area contributed by atoms with E-state index >= 15 is 0 Å². The second kappa shape index (κ2) is 5.51. The summed E-state index contributed by atoms with van der Waals surface area (Å²) in [6, 6.07) is 15.8. The van der Waals surface area contributed by atoms with Crippen LogP contribution in [0.1, 0.15) is 11.1 Å². The van der Waals surface area contributed by atoms with Crippen LogP contribution in [0.25, 0.3) is 10.9 Å². The fourth-order valence-corrected chi connectivity index (χ4v) is 2.27. The topological polar surface area (TPSA) is 22.1 Å². The molecule has 0 aliphatic rings. The first-order chi connectivity index (χ1) is 9.72. The summed E-state index contributed by atoms with van der Waals surface area (Å²) in [5, 5.41) is 1.81. The third-order valence-corrected chi connectivity index (χ3v) is 3.45. The fraction of sp³-hybridized carbons (Fsp3) is 0.118. The molecule has 100 valence electrons. The van der Waals surface area contributed by atoms with Crippen molar-refractivity contribution < 1.29 is 4.74 Å². The van der Waals surface area contributed by atoms with Gasteiger partial charge in [0.25, 0.3) is 0 Å². The summed E-state index contributed by atoms with van der Waals surface area (Å²) >= 11 is 5.99. The van der Waals surface area contributed by atoms with Crippen LogP contribution in [0.3, 0.4) is 0 Å². The molecule has 0 saturated carbocycles. The Morgan fingerprint density at radius 1 is 1.10 bits per heavy atom. The van der Waals surface area contributed by atoms with E-state index < -0.39 is 0 Å². The van der Waals surface area contributed by atoms with Crippen LogP contribution in [0, 0.1) is 6.92 Å². The maximum atomic E-state index is 5.99. The summed E-state index contributed by atoms with van der Waals surface area (Å²) in [5.41, 5.74) is 3.19. The molecule has 1 heterocycles. The van der Waals surface area contributed by atoms with E-state index in [-0.39, 0.29) is 0 Å². The monoisotopic (exact) mass is 283 g/mol. The smallest absolute Gasteiger partial charge is 0.124 e. The number of rotatable bonds is 3. The normalized spacial score (nSPS) is 10.7. The Morgan fingerprint density at radius 2 is 2.00 bits per heavy atom. The van der Waals surface area contributed by atoms with Crippen molar-refractivity contribution in [1.82, 2.24) is 4.98 Å². The van der Waals surface area contributed by atoms with Crippen LogP contribution in [-0.4, -0.2) is 4.98 Å². The Morgan fingerprint density at radius 3 is 2.90 bits per heavy atom. The second-order valence-electron chi connectivity index (χ2n) is 4.73. The largest absolute Gasteiger partial charge is 0.489 e. The minimum absolute atomic E-state index is 0.520. The average molecular weight is 284 g/mol. The standard InChI is InChI=1S/C17H14ClNO/c1-12-4-6-15(18)10-17(12)20-11-13-5-7-16-14(9-13)3-2-8-19-16/h2-10H,11H2,1H3. The quantitative estimate of drug-likeness (QED) is 0.690. The van der Waals surface area contributed by atoms with Gasteiger partial charge >= 0.3 is 0 Å². The van der Waals surface area contributed by atoms with Crippen molar-refractivity contribution in [2.24, 2.45) is 0 Å². The van der Waals surface area contributed by atoms with Crippen LogP contribution in [0.5, 0.6) is 5.75 Å². The summed E-state index contributed by atoms with van der Waals surface area (Å²) in [4.78, 5) is 4.31. The number of halogens is 1. The highest BCUT2D eigenvalue weighted by Gasteiger charge is 2.02. The van der Waals surface area contributed by atoms with Crippen LogP contribution < -0.4 is 4.74 Å². The van der Waals surface area contributed by atoms with Gasteiger partial charge in [0, 0.05) is 16.6 Å². The Balaban J connectivity index is 1.81. The molecule has 3 heteroatoms. The molecular formula is C17H14ClNO. The molecule has 0 bridgehead atoms. The molecule has 0 atom stereocenters. The lowest BCUT2D eigenvalue weighted by Gasteiger charge is -2.10. The zero-order chi connectivity index (χ0) is 13.9. The Kier molecular flexibility index (Phi) is 3.57. The van der Waals surface area contributed by atoms with Crippen molar-refractivity contribution in [2.45, 2.75) is 13.5 Å². The number of pyridine rings is 1. The van der Waals surface area contributed by atoms with Crippen molar-refractivity contribution in [3.8, 4) is 5.75 Å². The Labute approximate surface area is 123 Å². The zero-order valence-corrected chi connectivity index (χ0v) is 11.9. The number of hydrogen-bond donors (Lipinski definition) is 0. The summed E-state index contributed by atoms with van der Waals surface area (Å²) in [6.45, 7) is 2.53. The van der Waals surface area contributed by atoms with E-state index in [1.54, 1.807) is 6.20 Å². The third-order valence-electron chi connectivity index (χ3n) is 3.21. The van der Waals surface area contributed by atoms with Crippen LogP contribution in [-0.2, 0) is 6.61 Å². The predicted molar refractivity (Wildman–Crippen MR) is 82.3 cm³/mol. The van der Waals surface area contributed by atoms with Gasteiger partial charge in [-0.25, -0.2) is 0 Å². The number of ether oxygens (including phenoxy) is 1. The highest BCUT2D eigenvalue weighted by molar-refractivity contribution is 6.30. The summed E-state index contributed by atoms with van der Waals surface area (Å²) in [6.07, 6.45) is 1.80. The lowest BCUT2D eigenvalue weighted by atomic mass is 10.1. The highest BCUT2D eigenvalue weighted by Crippen LogP contribution is 2.24. The van der Waals surface area contributed by atoms with Crippen molar-refractivity contribution >= 4 is 22.5 Å². The molecule has 0 spiro atoms. The Hall–Kier alpha value is -2.06. The van der Waals surface area contributed by atoms with E-state index in [4.69, 9.17) is 16.3 Å². The molecule has 0 radical (unpaired) electrons. The molecule has 0 unspecified atom stereocenters. The molecule has 2 nitrogen and oxygen atoms in total. The molecule has 0 aliphatic carbocycles. The number of nitrogens with zero attached hydrogens (tertiary/aromatic N) is 1. The molecule has 0 saturated heterocycles.